The van der Waals surface area contributed by atoms with Crippen LogP contribution in [-0.2, 0) is 11.2 Å². The number of primary amides is 1. The third-order valence-corrected chi connectivity index (χ3v) is 5.07. The molecule has 0 aliphatic heterocycles. The Morgan fingerprint density at radius 2 is 1.97 bits per heavy atom. The Morgan fingerprint density at radius 1 is 1.12 bits per heavy atom. The third kappa shape index (κ3) is 4.90. The number of aromatic nitrogens is 4. The molecule has 1 aromatic carbocycles. The molecule has 0 saturated heterocycles. The highest BCUT2D eigenvalue weighted by molar-refractivity contribution is 7.18. The Bertz CT molecular complexity index is 1280. The minimum atomic E-state index is -0.745. The normalized spacial score (nSPS) is 10.5. The summed E-state index contributed by atoms with van der Waals surface area (Å²) in [6.07, 6.45) is 4.60. The van der Waals surface area contributed by atoms with Gasteiger partial charge in [-0.15, -0.1) is 10.2 Å². The van der Waals surface area contributed by atoms with Crippen molar-refractivity contribution in [3.05, 3.63) is 78.0 Å². The average molecular weight is 450 g/mol. The molecule has 3 N–H and O–H groups in total. The lowest BCUT2D eigenvalue weighted by Crippen LogP contribution is -2.14. The lowest BCUT2D eigenvalue weighted by atomic mass is 10.1. The predicted octanol–water partition coefficient (Wildman–Crippen LogP) is 3.21. The van der Waals surface area contributed by atoms with Crippen LogP contribution in [0.5, 0.6) is 11.6 Å². The number of benzene rings is 1. The highest BCUT2D eigenvalue weighted by Gasteiger charge is 2.15. The van der Waals surface area contributed by atoms with Gasteiger partial charge >= 0.3 is 0 Å². The van der Waals surface area contributed by atoms with Crippen LogP contribution in [0.3, 0.4) is 0 Å². The largest absolute Gasteiger partial charge is 0.435 e. The number of rotatable bonds is 7. The Balaban J connectivity index is 1.41. The first-order valence-electron chi connectivity index (χ1n) is 9.24. The van der Waals surface area contributed by atoms with Crippen LogP contribution in [0.4, 0.5) is 9.52 Å². The number of nitrogens with zero attached hydrogens (tertiary/aromatic N) is 4. The molecule has 0 saturated carbocycles. The molecule has 0 unspecified atom stereocenters. The molecule has 11 heteroatoms. The summed E-state index contributed by atoms with van der Waals surface area (Å²) in [6.45, 7) is 0. The molecule has 0 bridgehead atoms. The molecule has 160 valence electrons. The monoisotopic (exact) mass is 450 g/mol. The molecule has 2 amide bonds. The molecule has 32 heavy (non-hydrogen) atoms. The Morgan fingerprint density at radius 3 is 2.72 bits per heavy atom. The molecule has 3 heterocycles. The second-order valence-electron chi connectivity index (χ2n) is 6.47. The quantitative estimate of drug-likeness (QED) is 0.442. The van der Waals surface area contributed by atoms with E-state index in [9.17, 15) is 14.0 Å². The summed E-state index contributed by atoms with van der Waals surface area (Å²) in [4.78, 5) is 31.7. The summed E-state index contributed by atoms with van der Waals surface area (Å²) >= 11 is 1.20. The zero-order valence-corrected chi connectivity index (χ0v) is 17.2. The van der Waals surface area contributed by atoms with Gasteiger partial charge in [0.15, 0.2) is 16.6 Å². The van der Waals surface area contributed by atoms with Crippen LogP contribution >= 0.6 is 11.3 Å². The van der Waals surface area contributed by atoms with E-state index in [2.05, 4.69) is 25.5 Å². The zero-order chi connectivity index (χ0) is 22.5. The highest BCUT2D eigenvalue weighted by Crippen LogP contribution is 2.27. The van der Waals surface area contributed by atoms with Crippen LogP contribution in [0.15, 0.2) is 61.1 Å². The van der Waals surface area contributed by atoms with Crippen LogP contribution in [-0.4, -0.2) is 32.0 Å². The minimum Gasteiger partial charge on any atom is -0.435 e. The first kappa shape index (κ1) is 21.0. The standard InChI is InChI=1S/C21H15FN6O3S/c22-15-9-12(5-6-16(15)31-19-14(18(23)30)4-2-8-25-19)10-17(29)26-21-28-27-20(32-21)13-3-1-7-24-11-13/h1-9,11H,10H2,(H2,23,30)(H,26,28,29). The van der Waals surface area contributed by atoms with E-state index >= 15 is 0 Å². The third-order valence-electron chi connectivity index (χ3n) is 4.18. The summed E-state index contributed by atoms with van der Waals surface area (Å²) < 4.78 is 19.9. The van der Waals surface area contributed by atoms with Gasteiger partial charge in [0, 0.05) is 24.2 Å². The molecule has 0 aliphatic carbocycles. The summed E-state index contributed by atoms with van der Waals surface area (Å²) in [7, 11) is 0. The van der Waals surface area contributed by atoms with Crippen molar-refractivity contribution in [2.45, 2.75) is 6.42 Å². The van der Waals surface area contributed by atoms with Gasteiger partial charge in [0.25, 0.3) is 5.91 Å². The van der Waals surface area contributed by atoms with Gasteiger partial charge in [-0.1, -0.05) is 17.4 Å². The maximum Gasteiger partial charge on any atom is 0.254 e. The summed E-state index contributed by atoms with van der Waals surface area (Å²) in [5.74, 6) is -2.10. The fourth-order valence-electron chi connectivity index (χ4n) is 2.73. The van der Waals surface area contributed by atoms with Crippen LogP contribution < -0.4 is 15.8 Å². The van der Waals surface area contributed by atoms with Crippen molar-refractivity contribution < 1.29 is 18.7 Å². The van der Waals surface area contributed by atoms with Gasteiger partial charge in [0.05, 0.1) is 6.42 Å². The van der Waals surface area contributed by atoms with E-state index in [4.69, 9.17) is 10.5 Å². The smallest absolute Gasteiger partial charge is 0.254 e. The molecular formula is C21H15FN6O3S. The van der Waals surface area contributed by atoms with Gasteiger partial charge in [0.1, 0.15) is 5.56 Å². The number of nitrogens with one attached hydrogen (secondary N) is 1. The Labute approximate surface area is 185 Å². The molecule has 9 nitrogen and oxygen atoms in total. The molecule has 0 radical (unpaired) electrons. The lowest BCUT2D eigenvalue weighted by Gasteiger charge is -2.09. The fraction of sp³-hybridized carbons (Fsp3) is 0.0476. The summed E-state index contributed by atoms with van der Waals surface area (Å²) in [5, 5.41) is 11.6. The summed E-state index contributed by atoms with van der Waals surface area (Å²) in [6, 6.07) is 10.6. The number of ether oxygens (including phenoxy) is 1. The van der Waals surface area contributed by atoms with Gasteiger partial charge in [-0.2, -0.15) is 0 Å². The van der Waals surface area contributed by atoms with Gasteiger partial charge in [0.2, 0.25) is 16.9 Å². The van der Waals surface area contributed by atoms with E-state index in [-0.39, 0.29) is 29.5 Å². The van der Waals surface area contributed by atoms with Crippen molar-refractivity contribution in [2.75, 3.05) is 5.32 Å². The second-order valence-corrected chi connectivity index (χ2v) is 7.44. The molecular weight excluding hydrogens is 435 g/mol. The second kappa shape index (κ2) is 9.27. The molecule has 0 fully saturated rings. The average Bonchev–Trinajstić information content (AvgIpc) is 3.25. The molecule has 0 aliphatic rings. The van der Waals surface area contributed by atoms with Gasteiger partial charge in [-0.3, -0.25) is 14.6 Å². The van der Waals surface area contributed by atoms with Crippen molar-refractivity contribution in [1.29, 1.82) is 0 Å². The number of hydrogen-bond acceptors (Lipinski definition) is 8. The number of carbonyl (C=O) groups is 2. The van der Waals surface area contributed by atoms with E-state index in [0.717, 1.165) is 5.56 Å². The van der Waals surface area contributed by atoms with Crippen LogP contribution in [0.1, 0.15) is 15.9 Å². The minimum absolute atomic E-state index is 0.0260. The number of halogens is 1. The van der Waals surface area contributed by atoms with Crippen molar-refractivity contribution in [3.63, 3.8) is 0 Å². The SMILES string of the molecule is NC(=O)c1cccnc1Oc1ccc(CC(=O)Nc2nnc(-c3cccnc3)s2)cc1F. The molecule has 0 spiro atoms. The Hall–Kier alpha value is -4.25. The van der Waals surface area contributed by atoms with Gasteiger partial charge in [-0.25, -0.2) is 9.37 Å². The number of amides is 2. The lowest BCUT2D eigenvalue weighted by molar-refractivity contribution is -0.115. The van der Waals surface area contributed by atoms with Crippen molar-refractivity contribution >= 4 is 28.3 Å². The van der Waals surface area contributed by atoms with Crippen LogP contribution in [0.2, 0.25) is 0 Å². The number of carbonyl (C=O) groups excluding carboxylic acids is 2. The highest BCUT2D eigenvalue weighted by atomic mass is 32.1. The maximum absolute atomic E-state index is 14.5. The molecule has 4 rings (SSSR count). The van der Waals surface area contributed by atoms with Crippen molar-refractivity contribution in [3.8, 4) is 22.2 Å². The van der Waals surface area contributed by atoms with Gasteiger partial charge in [-0.05, 0) is 42.0 Å². The number of pyridine rings is 2. The topological polar surface area (TPSA) is 133 Å². The van der Waals surface area contributed by atoms with E-state index in [0.29, 0.717) is 15.7 Å². The summed E-state index contributed by atoms with van der Waals surface area (Å²) in [5.41, 5.74) is 6.50. The predicted molar refractivity (Wildman–Crippen MR) is 115 cm³/mol. The fourth-order valence-corrected chi connectivity index (χ4v) is 3.48. The molecule has 0 atom stereocenters. The molecule has 4 aromatic rings. The van der Waals surface area contributed by atoms with Crippen molar-refractivity contribution in [2.24, 2.45) is 5.73 Å². The number of nitrogens with two attached hydrogens (primary N) is 1. The van der Waals surface area contributed by atoms with E-state index in [1.54, 1.807) is 18.5 Å². The van der Waals surface area contributed by atoms with E-state index < -0.39 is 11.7 Å². The van der Waals surface area contributed by atoms with Crippen LogP contribution in [0, 0.1) is 5.82 Å². The van der Waals surface area contributed by atoms with E-state index in [1.807, 2.05) is 6.07 Å². The maximum atomic E-state index is 14.5. The Kier molecular flexibility index (Phi) is 6.08. The number of hydrogen-bond donors (Lipinski definition) is 2. The first-order valence-corrected chi connectivity index (χ1v) is 10.1. The van der Waals surface area contributed by atoms with Crippen LogP contribution in [0.25, 0.3) is 10.6 Å². The van der Waals surface area contributed by atoms with Gasteiger partial charge < -0.3 is 15.8 Å². The zero-order valence-electron chi connectivity index (χ0n) is 16.4. The van der Waals surface area contributed by atoms with E-state index in [1.165, 1.54) is 47.9 Å². The first-order chi connectivity index (χ1) is 15.5. The molecule has 3 aromatic heterocycles. The van der Waals surface area contributed by atoms with Crippen molar-refractivity contribution in [1.82, 2.24) is 20.2 Å². The number of anilines is 1.